The lowest BCUT2D eigenvalue weighted by atomic mass is 9.86. The molecule has 1 saturated carbocycles. The topological polar surface area (TPSA) is 49.3 Å². The first-order valence-corrected chi connectivity index (χ1v) is 6.77. The molecule has 2 rings (SSSR count). The number of amides is 1. The van der Waals surface area contributed by atoms with Gasteiger partial charge in [-0.15, -0.1) is 0 Å². The average molecular weight is 265 g/mol. The van der Waals surface area contributed by atoms with Crippen LogP contribution in [0.25, 0.3) is 0 Å². The van der Waals surface area contributed by atoms with Crippen LogP contribution in [0.3, 0.4) is 0 Å². The van der Waals surface area contributed by atoms with E-state index in [0.29, 0.717) is 11.5 Å². The second-order valence-corrected chi connectivity index (χ2v) is 5.39. The van der Waals surface area contributed by atoms with E-state index in [1.807, 2.05) is 0 Å². The van der Waals surface area contributed by atoms with Crippen molar-refractivity contribution in [1.82, 2.24) is 5.32 Å². The molecular formula is C15H20FNO2. The highest BCUT2D eigenvalue weighted by Crippen LogP contribution is 2.24. The van der Waals surface area contributed by atoms with Crippen molar-refractivity contribution in [3.05, 3.63) is 35.1 Å². The average Bonchev–Trinajstić information content (AvgIpc) is 2.38. The number of hydrogen-bond donors (Lipinski definition) is 2. The zero-order chi connectivity index (χ0) is 13.8. The SMILES string of the molecule is Cc1cc(F)cc(C(=O)NC2CCC(CO)CC2)c1. The molecule has 1 aliphatic carbocycles. The second kappa shape index (κ2) is 6.15. The molecule has 3 nitrogen and oxygen atoms in total. The molecular weight excluding hydrogens is 245 g/mol. The highest BCUT2D eigenvalue weighted by atomic mass is 19.1. The van der Waals surface area contributed by atoms with E-state index in [1.165, 1.54) is 12.1 Å². The number of rotatable bonds is 3. The van der Waals surface area contributed by atoms with Crippen molar-refractivity contribution in [3.63, 3.8) is 0 Å². The van der Waals surface area contributed by atoms with E-state index in [-0.39, 0.29) is 24.4 Å². The van der Waals surface area contributed by atoms with E-state index < -0.39 is 0 Å². The van der Waals surface area contributed by atoms with Gasteiger partial charge in [0, 0.05) is 18.2 Å². The largest absolute Gasteiger partial charge is 0.396 e. The van der Waals surface area contributed by atoms with Crippen LogP contribution >= 0.6 is 0 Å². The predicted octanol–water partition coefficient (Wildman–Crippen LogP) is 2.42. The number of aliphatic hydroxyl groups is 1. The standard InChI is InChI=1S/C15H20FNO2/c1-10-6-12(8-13(16)7-10)15(19)17-14-4-2-11(9-18)3-5-14/h6-8,11,14,18H,2-5,9H2,1H3,(H,17,19). The van der Waals surface area contributed by atoms with Gasteiger partial charge in [0.1, 0.15) is 5.82 Å². The van der Waals surface area contributed by atoms with Gasteiger partial charge in [-0.1, -0.05) is 0 Å². The van der Waals surface area contributed by atoms with Crippen molar-refractivity contribution < 1.29 is 14.3 Å². The Balaban J connectivity index is 1.94. The van der Waals surface area contributed by atoms with Crippen LogP contribution in [0, 0.1) is 18.7 Å². The number of aryl methyl sites for hydroxylation is 1. The Morgan fingerprint density at radius 3 is 2.58 bits per heavy atom. The van der Waals surface area contributed by atoms with Gasteiger partial charge in [-0.05, 0) is 62.3 Å². The molecule has 0 aromatic heterocycles. The summed E-state index contributed by atoms with van der Waals surface area (Å²) in [7, 11) is 0. The van der Waals surface area contributed by atoms with E-state index in [9.17, 15) is 9.18 Å². The maximum atomic E-state index is 13.3. The Morgan fingerprint density at radius 2 is 2.00 bits per heavy atom. The third-order valence-electron chi connectivity index (χ3n) is 3.74. The maximum Gasteiger partial charge on any atom is 0.251 e. The Kier molecular flexibility index (Phi) is 4.53. The van der Waals surface area contributed by atoms with E-state index in [4.69, 9.17) is 5.11 Å². The van der Waals surface area contributed by atoms with Gasteiger partial charge in [-0.25, -0.2) is 4.39 Å². The summed E-state index contributed by atoms with van der Waals surface area (Å²) in [6, 6.07) is 4.50. The summed E-state index contributed by atoms with van der Waals surface area (Å²) in [6.45, 7) is 2.00. The molecule has 4 heteroatoms. The molecule has 0 aliphatic heterocycles. The summed E-state index contributed by atoms with van der Waals surface area (Å²) in [5.41, 5.74) is 1.12. The number of halogens is 1. The van der Waals surface area contributed by atoms with Gasteiger partial charge in [0.25, 0.3) is 5.91 Å². The number of nitrogens with one attached hydrogen (secondary N) is 1. The van der Waals surface area contributed by atoms with E-state index in [2.05, 4.69) is 5.32 Å². The Labute approximate surface area is 112 Å². The Hall–Kier alpha value is -1.42. The first kappa shape index (κ1) is 14.0. The van der Waals surface area contributed by atoms with Crippen molar-refractivity contribution in [2.75, 3.05) is 6.61 Å². The van der Waals surface area contributed by atoms with Gasteiger partial charge in [-0.2, -0.15) is 0 Å². The van der Waals surface area contributed by atoms with Gasteiger partial charge in [0.05, 0.1) is 0 Å². The molecule has 0 unspecified atom stereocenters. The smallest absolute Gasteiger partial charge is 0.251 e. The van der Waals surface area contributed by atoms with E-state index in [1.54, 1.807) is 13.0 Å². The fraction of sp³-hybridized carbons (Fsp3) is 0.533. The second-order valence-electron chi connectivity index (χ2n) is 5.39. The molecule has 1 fully saturated rings. The molecule has 0 heterocycles. The Bertz CT molecular complexity index is 433. The minimum absolute atomic E-state index is 0.138. The van der Waals surface area contributed by atoms with Crippen LogP contribution in [0.1, 0.15) is 41.6 Å². The predicted molar refractivity (Wildman–Crippen MR) is 71.4 cm³/mol. The molecule has 19 heavy (non-hydrogen) atoms. The molecule has 1 amide bonds. The van der Waals surface area contributed by atoms with E-state index >= 15 is 0 Å². The summed E-state index contributed by atoms with van der Waals surface area (Å²) < 4.78 is 13.3. The number of hydrogen-bond acceptors (Lipinski definition) is 2. The van der Waals surface area contributed by atoms with Gasteiger partial charge in [0.2, 0.25) is 0 Å². The van der Waals surface area contributed by atoms with Crippen LogP contribution in [-0.2, 0) is 0 Å². The summed E-state index contributed by atoms with van der Waals surface area (Å²) >= 11 is 0. The van der Waals surface area contributed by atoms with Crippen LogP contribution in [-0.4, -0.2) is 23.7 Å². The molecule has 1 aromatic rings. The van der Waals surface area contributed by atoms with Crippen molar-refractivity contribution in [1.29, 1.82) is 0 Å². The molecule has 0 saturated heterocycles. The summed E-state index contributed by atoms with van der Waals surface area (Å²) in [5, 5.41) is 12.0. The zero-order valence-electron chi connectivity index (χ0n) is 11.2. The van der Waals surface area contributed by atoms with Gasteiger partial charge < -0.3 is 10.4 Å². The molecule has 104 valence electrons. The highest BCUT2D eigenvalue weighted by Gasteiger charge is 2.22. The van der Waals surface area contributed by atoms with Crippen molar-refractivity contribution >= 4 is 5.91 Å². The minimum atomic E-state index is -0.380. The molecule has 1 aliphatic rings. The van der Waals surface area contributed by atoms with E-state index in [0.717, 1.165) is 31.2 Å². The van der Waals surface area contributed by atoms with Crippen LogP contribution in [0.5, 0.6) is 0 Å². The van der Waals surface area contributed by atoms with Gasteiger partial charge >= 0.3 is 0 Å². The lowest BCUT2D eigenvalue weighted by Crippen LogP contribution is -2.38. The number of carbonyl (C=O) groups excluding carboxylic acids is 1. The molecule has 1 aromatic carbocycles. The third kappa shape index (κ3) is 3.77. The Morgan fingerprint density at radius 1 is 1.32 bits per heavy atom. The summed E-state index contributed by atoms with van der Waals surface area (Å²) in [6.07, 6.45) is 3.63. The van der Waals surface area contributed by atoms with Gasteiger partial charge in [0.15, 0.2) is 0 Å². The summed E-state index contributed by atoms with van der Waals surface area (Å²) in [5.74, 6) is -0.228. The highest BCUT2D eigenvalue weighted by molar-refractivity contribution is 5.94. The molecule has 0 bridgehead atoms. The molecule has 2 N–H and O–H groups in total. The third-order valence-corrected chi connectivity index (χ3v) is 3.74. The number of aliphatic hydroxyl groups excluding tert-OH is 1. The van der Waals surface area contributed by atoms with Crippen molar-refractivity contribution in [2.24, 2.45) is 5.92 Å². The zero-order valence-corrected chi connectivity index (χ0v) is 11.2. The normalized spacial score (nSPS) is 23.1. The van der Waals surface area contributed by atoms with Crippen LogP contribution in [0.15, 0.2) is 18.2 Å². The number of benzene rings is 1. The minimum Gasteiger partial charge on any atom is -0.396 e. The monoisotopic (exact) mass is 265 g/mol. The fourth-order valence-electron chi connectivity index (χ4n) is 2.63. The van der Waals surface area contributed by atoms with Crippen molar-refractivity contribution in [3.8, 4) is 0 Å². The lowest BCUT2D eigenvalue weighted by molar-refractivity contribution is 0.0913. The van der Waals surface area contributed by atoms with Gasteiger partial charge in [-0.3, -0.25) is 4.79 Å². The van der Waals surface area contributed by atoms with Crippen LogP contribution in [0.2, 0.25) is 0 Å². The fourth-order valence-corrected chi connectivity index (χ4v) is 2.63. The molecule has 0 spiro atoms. The quantitative estimate of drug-likeness (QED) is 0.881. The number of carbonyl (C=O) groups is 1. The maximum absolute atomic E-state index is 13.3. The first-order chi connectivity index (χ1) is 9.08. The first-order valence-electron chi connectivity index (χ1n) is 6.77. The molecule has 0 atom stereocenters. The van der Waals surface area contributed by atoms with Crippen molar-refractivity contribution in [2.45, 2.75) is 38.6 Å². The lowest BCUT2D eigenvalue weighted by Gasteiger charge is -2.28. The summed E-state index contributed by atoms with van der Waals surface area (Å²) in [4.78, 5) is 12.0. The van der Waals surface area contributed by atoms with Crippen LogP contribution in [0.4, 0.5) is 4.39 Å². The molecule has 0 radical (unpaired) electrons. The van der Waals surface area contributed by atoms with Crippen LogP contribution < -0.4 is 5.32 Å².